The van der Waals surface area contributed by atoms with Gasteiger partial charge in [0.1, 0.15) is 0 Å². The molecule has 0 saturated heterocycles. The molecule has 0 aliphatic carbocycles. The number of hydrogen-bond donors (Lipinski definition) is 0. The smallest absolute Gasteiger partial charge is 0.00344 e. The number of halogens is 2. The molecule has 0 saturated carbocycles. The minimum absolute atomic E-state index is 1.10. The first kappa shape index (κ1) is 12.3. The lowest BCUT2D eigenvalue weighted by molar-refractivity contribution is 0.876. The molecule has 2 heteroatoms. The van der Waals surface area contributed by atoms with Gasteiger partial charge in [-0.15, -0.1) is 0 Å². The first-order chi connectivity index (χ1) is 6.88. The van der Waals surface area contributed by atoms with Gasteiger partial charge in [-0.3, -0.25) is 0 Å². The zero-order chi connectivity index (χ0) is 10.2. The van der Waals surface area contributed by atoms with Crippen LogP contribution in [0.15, 0.2) is 24.3 Å². The predicted octanol–water partition coefficient (Wildman–Crippen LogP) is 4.34. The molecule has 0 amide bonds. The summed E-state index contributed by atoms with van der Waals surface area (Å²) in [5, 5.41) is 2.19. The van der Waals surface area contributed by atoms with Crippen molar-refractivity contribution < 1.29 is 0 Å². The van der Waals surface area contributed by atoms with E-state index >= 15 is 0 Å². The molecule has 0 heterocycles. The zero-order valence-electron chi connectivity index (χ0n) is 8.31. The molecule has 1 rings (SSSR count). The average molecular weight is 320 g/mol. The van der Waals surface area contributed by atoms with E-state index in [1.807, 2.05) is 0 Å². The fourth-order valence-electron chi connectivity index (χ4n) is 1.56. The van der Waals surface area contributed by atoms with E-state index in [-0.39, 0.29) is 0 Å². The van der Waals surface area contributed by atoms with Gasteiger partial charge in [-0.25, -0.2) is 0 Å². The first-order valence-corrected chi connectivity index (χ1v) is 7.31. The van der Waals surface area contributed by atoms with Gasteiger partial charge in [0, 0.05) is 10.7 Å². The fourth-order valence-corrected chi connectivity index (χ4v) is 2.12. The Morgan fingerprint density at radius 2 is 1.21 bits per heavy atom. The highest BCUT2D eigenvalue weighted by Gasteiger charge is 2.00. The summed E-state index contributed by atoms with van der Waals surface area (Å²) in [6.07, 6.45) is 4.85. The summed E-state index contributed by atoms with van der Waals surface area (Å²) in [7, 11) is 0. The van der Waals surface area contributed by atoms with E-state index in [9.17, 15) is 0 Å². The predicted molar refractivity (Wildman–Crippen MR) is 70.7 cm³/mol. The van der Waals surface area contributed by atoms with Crippen LogP contribution in [-0.2, 0) is 12.8 Å². The van der Waals surface area contributed by atoms with Gasteiger partial charge >= 0.3 is 0 Å². The second-order valence-electron chi connectivity index (χ2n) is 3.35. The molecule has 78 valence electrons. The molecule has 0 aliphatic rings. The lowest BCUT2D eigenvalue weighted by atomic mass is 10.00. The van der Waals surface area contributed by atoms with Crippen LogP contribution >= 0.6 is 31.9 Å². The third-order valence-corrected chi connectivity index (χ3v) is 3.40. The molecule has 1 aromatic rings. The Morgan fingerprint density at radius 1 is 0.786 bits per heavy atom. The van der Waals surface area contributed by atoms with E-state index in [0.29, 0.717) is 0 Å². The van der Waals surface area contributed by atoms with E-state index in [2.05, 4.69) is 56.1 Å². The Kier molecular flexibility index (Phi) is 6.54. The van der Waals surface area contributed by atoms with Crippen molar-refractivity contribution in [2.45, 2.75) is 25.7 Å². The zero-order valence-corrected chi connectivity index (χ0v) is 11.5. The van der Waals surface area contributed by atoms with E-state index in [1.54, 1.807) is 0 Å². The molecule has 0 N–H and O–H groups in total. The van der Waals surface area contributed by atoms with Crippen LogP contribution in [0.3, 0.4) is 0 Å². The maximum atomic E-state index is 3.48. The number of benzene rings is 1. The molecular weight excluding hydrogens is 304 g/mol. The Balaban J connectivity index is 2.60. The summed E-state index contributed by atoms with van der Waals surface area (Å²) >= 11 is 6.95. The van der Waals surface area contributed by atoms with Gasteiger partial charge in [0.05, 0.1) is 0 Å². The Morgan fingerprint density at radius 3 is 1.57 bits per heavy atom. The molecule has 0 spiro atoms. The molecule has 14 heavy (non-hydrogen) atoms. The molecule has 0 nitrogen and oxygen atoms in total. The van der Waals surface area contributed by atoms with Crippen LogP contribution < -0.4 is 0 Å². The van der Waals surface area contributed by atoms with Gasteiger partial charge < -0.3 is 0 Å². The third-order valence-electron chi connectivity index (χ3n) is 2.28. The van der Waals surface area contributed by atoms with Crippen LogP contribution in [-0.4, -0.2) is 10.7 Å². The standard InChI is InChI=1S/C12H16Br2/c13-9-3-7-11-5-1-2-6-12(11)8-4-10-14/h1-2,5-6H,3-4,7-10H2. The molecule has 0 bridgehead atoms. The Bertz CT molecular complexity index is 231. The highest BCUT2D eigenvalue weighted by Crippen LogP contribution is 2.14. The minimum atomic E-state index is 1.10. The number of aryl methyl sites for hydroxylation is 2. The van der Waals surface area contributed by atoms with Crippen LogP contribution in [0.4, 0.5) is 0 Å². The van der Waals surface area contributed by atoms with Crippen molar-refractivity contribution in [3.63, 3.8) is 0 Å². The Labute approximate surface area is 103 Å². The molecule has 0 radical (unpaired) electrons. The molecule has 0 aliphatic heterocycles. The Hall–Kier alpha value is 0.180. The summed E-state index contributed by atoms with van der Waals surface area (Å²) in [5.41, 5.74) is 3.04. The number of alkyl halides is 2. The molecule has 0 aromatic heterocycles. The SMILES string of the molecule is BrCCCc1ccccc1CCCBr. The van der Waals surface area contributed by atoms with Gasteiger partial charge in [0.2, 0.25) is 0 Å². The fraction of sp³-hybridized carbons (Fsp3) is 0.500. The normalized spacial score (nSPS) is 10.4. The summed E-state index contributed by atoms with van der Waals surface area (Å²) in [6, 6.07) is 8.79. The first-order valence-electron chi connectivity index (χ1n) is 5.07. The van der Waals surface area contributed by atoms with E-state index < -0.39 is 0 Å². The highest BCUT2D eigenvalue weighted by molar-refractivity contribution is 9.09. The molecular formula is C12H16Br2. The highest BCUT2D eigenvalue weighted by atomic mass is 79.9. The van der Waals surface area contributed by atoms with Crippen molar-refractivity contribution in [2.75, 3.05) is 10.7 Å². The van der Waals surface area contributed by atoms with Crippen LogP contribution in [0.25, 0.3) is 0 Å². The van der Waals surface area contributed by atoms with E-state index in [1.165, 1.54) is 36.8 Å². The minimum Gasteiger partial charge on any atom is -0.0928 e. The largest absolute Gasteiger partial charge is 0.0928 e. The second kappa shape index (κ2) is 7.47. The molecule has 0 fully saturated rings. The lowest BCUT2D eigenvalue weighted by Gasteiger charge is -2.07. The van der Waals surface area contributed by atoms with Gasteiger partial charge in [-0.05, 0) is 36.8 Å². The monoisotopic (exact) mass is 318 g/mol. The van der Waals surface area contributed by atoms with Crippen LogP contribution in [0.5, 0.6) is 0 Å². The van der Waals surface area contributed by atoms with Crippen molar-refractivity contribution in [1.82, 2.24) is 0 Å². The maximum absolute atomic E-state index is 3.48. The van der Waals surface area contributed by atoms with E-state index in [4.69, 9.17) is 0 Å². The van der Waals surface area contributed by atoms with Gasteiger partial charge in [-0.1, -0.05) is 56.1 Å². The van der Waals surface area contributed by atoms with Gasteiger partial charge in [-0.2, -0.15) is 0 Å². The molecule has 1 aromatic carbocycles. The number of rotatable bonds is 6. The summed E-state index contributed by atoms with van der Waals surface area (Å²) in [6.45, 7) is 0. The van der Waals surface area contributed by atoms with E-state index in [0.717, 1.165) is 10.7 Å². The van der Waals surface area contributed by atoms with Crippen LogP contribution in [0.1, 0.15) is 24.0 Å². The number of hydrogen-bond acceptors (Lipinski definition) is 0. The van der Waals surface area contributed by atoms with Crippen molar-refractivity contribution in [3.8, 4) is 0 Å². The quantitative estimate of drug-likeness (QED) is 0.684. The van der Waals surface area contributed by atoms with Gasteiger partial charge in [0.25, 0.3) is 0 Å². The van der Waals surface area contributed by atoms with Crippen molar-refractivity contribution in [3.05, 3.63) is 35.4 Å². The van der Waals surface area contributed by atoms with Crippen molar-refractivity contribution >= 4 is 31.9 Å². The summed E-state index contributed by atoms with van der Waals surface area (Å²) < 4.78 is 0. The maximum Gasteiger partial charge on any atom is 0.00344 e. The molecule has 0 atom stereocenters. The third kappa shape index (κ3) is 4.14. The van der Waals surface area contributed by atoms with Crippen molar-refractivity contribution in [1.29, 1.82) is 0 Å². The summed E-state index contributed by atoms with van der Waals surface area (Å²) in [5.74, 6) is 0. The van der Waals surface area contributed by atoms with Gasteiger partial charge in [0.15, 0.2) is 0 Å². The topological polar surface area (TPSA) is 0 Å². The second-order valence-corrected chi connectivity index (χ2v) is 4.94. The van der Waals surface area contributed by atoms with Crippen LogP contribution in [0.2, 0.25) is 0 Å². The lowest BCUT2D eigenvalue weighted by Crippen LogP contribution is -1.95. The average Bonchev–Trinajstić information content (AvgIpc) is 2.24. The molecule has 0 unspecified atom stereocenters. The van der Waals surface area contributed by atoms with Crippen LogP contribution in [0, 0.1) is 0 Å². The van der Waals surface area contributed by atoms with Crippen molar-refractivity contribution in [2.24, 2.45) is 0 Å². The summed E-state index contributed by atoms with van der Waals surface area (Å²) in [4.78, 5) is 0.